The van der Waals surface area contributed by atoms with Gasteiger partial charge in [-0.2, -0.15) is 0 Å². The molecule has 0 N–H and O–H groups in total. The number of thioether (sulfide) groups is 1. The summed E-state index contributed by atoms with van der Waals surface area (Å²) in [5.74, 6) is 0.804. The summed E-state index contributed by atoms with van der Waals surface area (Å²) in [4.78, 5) is 33.5. The summed E-state index contributed by atoms with van der Waals surface area (Å²) in [7, 11) is 0. The van der Waals surface area contributed by atoms with Crippen LogP contribution in [0.3, 0.4) is 0 Å². The number of allylic oxidation sites excluding steroid dienone is 1. The van der Waals surface area contributed by atoms with Crippen LogP contribution >= 0.6 is 23.1 Å². The van der Waals surface area contributed by atoms with Crippen LogP contribution in [0.1, 0.15) is 58.7 Å². The minimum atomic E-state index is -0.647. The maximum Gasteiger partial charge on any atom is 0.338 e. The number of thiazole rings is 1. The fourth-order valence-electron chi connectivity index (χ4n) is 4.35. The summed E-state index contributed by atoms with van der Waals surface area (Å²) >= 11 is 2.92. The van der Waals surface area contributed by atoms with Gasteiger partial charge in [-0.1, -0.05) is 29.5 Å². The number of rotatable bonds is 9. The Hall–Kier alpha value is -3.30. The second-order valence-corrected chi connectivity index (χ2v) is 11.5. The van der Waals surface area contributed by atoms with Gasteiger partial charge in [0.15, 0.2) is 16.3 Å². The van der Waals surface area contributed by atoms with Gasteiger partial charge in [0.05, 0.1) is 40.7 Å². The van der Waals surface area contributed by atoms with E-state index in [9.17, 15) is 9.59 Å². The van der Waals surface area contributed by atoms with E-state index in [4.69, 9.17) is 14.2 Å². The summed E-state index contributed by atoms with van der Waals surface area (Å²) in [6.07, 6.45) is 3.53. The van der Waals surface area contributed by atoms with E-state index < -0.39 is 12.0 Å². The van der Waals surface area contributed by atoms with Crippen LogP contribution in [0.2, 0.25) is 0 Å². The van der Waals surface area contributed by atoms with Crippen LogP contribution in [-0.4, -0.2) is 35.6 Å². The summed E-state index contributed by atoms with van der Waals surface area (Å²) in [5.41, 5.74) is 2.31. The monoisotopic (exact) mass is 566 g/mol. The molecule has 4 rings (SSSR count). The van der Waals surface area contributed by atoms with Gasteiger partial charge in [-0.3, -0.25) is 9.36 Å². The van der Waals surface area contributed by atoms with E-state index in [0.29, 0.717) is 38.7 Å². The molecule has 7 nitrogen and oxygen atoms in total. The quantitative estimate of drug-likeness (QED) is 0.265. The van der Waals surface area contributed by atoms with Crippen molar-refractivity contribution >= 4 is 35.1 Å². The van der Waals surface area contributed by atoms with Crippen LogP contribution in [0.5, 0.6) is 11.5 Å². The SMILES string of the molecule is CCOc1cc(/C=c2\sc3n(c2=O)[C@@H](c2ccc(SC)cc2)C(C(=O)OC(C)C)=C(C)N=3)ccc1OC(C)C. The molecule has 1 aliphatic heterocycles. The fraction of sp³-hybridized carbons (Fsp3) is 0.367. The molecule has 0 unspecified atom stereocenters. The first-order valence-corrected chi connectivity index (χ1v) is 15.0. The average molecular weight is 567 g/mol. The Balaban J connectivity index is 1.87. The highest BCUT2D eigenvalue weighted by Gasteiger charge is 2.33. The van der Waals surface area contributed by atoms with Crippen molar-refractivity contribution in [2.75, 3.05) is 12.9 Å². The summed E-state index contributed by atoms with van der Waals surface area (Å²) in [5, 5.41) is 0. The van der Waals surface area contributed by atoms with Gasteiger partial charge in [0, 0.05) is 4.90 Å². The van der Waals surface area contributed by atoms with Crippen LogP contribution in [0.25, 0.3) is 6.08 Å². The number of aromatic nitrogens is 1. The molecule has 39 heavy (non-hydrogen) atoms. The molecule has 0 radical (unpaired) electrons. The molecule has 0 bridgehead atoms. The zero-order valence-corrected chi connectivity index (χ0v) is 24.9. The summed E-state index contributed by atoms with van der Waals surface area (Å²) in [6, 6.07) is 12.9. The fourth-order valence-corrected chi connectivity index (χ4v) is 5.80. The molecule has 0 aliphatic carbocycles. The Kier molecular flexibility index (Phi) is 9.02. The lowest BCUT2D eigenvalue weighted by Gasteiger charge is -2.25. The lowest BCUT2D eigenvalue weighted by molar-refractivity contribution is -0.143. The maximum absolute atomic E-state index is 13.9. The normalized spacial score (nSPS) is 15.4. The Bertz CT molecular complexity index is 1570. The van der Waals surface area contributed by atoms with E-state index in [1.54, 1.807) is 37.1 Å². The molecule has 0 amide bonds. The van der Waals surface area contributed by atoms with Crippen molar-refractivity contribution in [1.82, 2.24) is 4.57 Å². The van der Waals surface area contributed by atoms with Crippen molar-refractivity contribution in [2.24, 2.45) is 4.99 Å². The van der Waals surface area contributed by atoms with Crippen molar-refractivity contribution in [1.29, 1.82) is 0 Å². The molecule has 0 fully saturated rings. The highest BCUT2D eigenvalue weighted by Crippen LogP contribution is 2.32. The number of ether oxygens (including phenoxy) is 3. The average Bonchev–Trinajstić information content (AvgIpc) is 3.18. The second-order valence-electron chi connectivity index (χ2n) is 9.61. The predicted octanol–water partition coefficient (Wildman–Crippen LogP) is 5.09. The minimum Gasteiger partial charge on any atom is -0.490 e. The third-order valence-electron chi connectivity index (χ3n) is 5.94. The van der Waals surface area contributed by atoms with Gasteiger partial charge in [-0.15, -0.1) is 11.8 Å². The van der Waals surface area contributed by atoms with Gasteiger partial charge in [0.2, 0.25) is 0 Å². The van der Waals surface area contributed by atoms with Gasteiger partial charge < -0.3 is 14.2 Å². The van der Waals surface area contributed by atoms with Crippen molar-refractivity contribution in [2.45, 2.75) is 64.7 Å². The van der Waals surface area contributed by atoms with Crippen LogP contribution in [-0.2, 0) is 9.53 Å². The van der Waals surface area contributed by atoms with Gasteiger partial charge in [0.25, 0.3) is 5.56 Å². The topological polar surface area (TPSA) is 79.1 Å². The van der Waals surface area contributed by atoms with Crippen molar-refractivity contribution < 1.29 is 19.0 Å². The highest BCUT2D eigenvalue weighted by atomic mass is 32.2. The molecule has 1 aliphatic rings. The highest BCUT2D eigenvalue weighted by molar-refractivity contribution is 7.98. The third-order valence-corrected chi connectivity index (χ3v) is 7.67. The summed E-state index contributed by atoms with van der Waals surface area (Å²) < 4.78 is 19.4. The number of benzene rings is 2. The van der Waals surface area contributed by atoms with E-state index in [1.165, 1.54) is 11.3 Å². The van der Waals surface area contributed by atoms with E-state index in [-0.39, 0.29) is 17.8 Å². The van der Waals surface area contributed by atoms with Gasteiger partial charge >= 0.3 is 5.97 Å². The first-order chi connectivity index (χ1) is 18.6. The molecule has 9 heteroatoms. The molecule has 0 spiro atoms. The van der Waals surface area contributed by atoms with E-state index in [1.807, 2.05) is 75.6 Å². The largest absolute Gasteiger partial charge is 0.490 e. The number of hydrogen-bond donors (Lipinski definition) is 0. The van der Waals surface area contributed by atoms with E-state index in [2.05, 4.69) is 4.99 Å². The number of fused-ring (bicyclic) bond motifs is 1. The van der Waals surface area contributed by atoms with Gasteiger partial charge in [-0.25, -0.2) is 9.79 Å². The first kappa shape index (κ1) is 28.7. The Labute approximate surface area is 236 Å². The van der Waals surface area contributed by atoms with Crippen molar-refractivity contribution in [3.8, 4) is 11.5 Å². The zero-order chi connectivity index (χ0) is 28.3. The van der Waals surface area contributed by atoms with Gasteiger partial charge in [-0.05, 0) is 89.3 Å². The Morgan fingerprint density at radius 1 is 1.10 bits per heavy atom. The molecular formula is C30H34N2O5S2. The molecule has 206 valence electrons. The third kappa shape index (κ3) is 6.31. The minimum absolute atomic E-state index is 0.00329. The molecule has 1 aromatic heterocycles. The van der Waals surface area contributed by atoms with Crippen LogP contribution in [0, 0.1) is 0 Å². The van der Waals surface area contributed by atoms with E-state index >= 15 is 0 Å². The molecule has 2 aromatic carbocycles. The number of carbonyl (C=O) groups excluding carboxylic acids is 1. The smallest absolute Gasteiger partial charge is 0.338 e. The van der Waals surface area contributed by atoms with Gasteiger partial charge in [0.1, 0.15) is 0 Å². The lowest BCUT2D eigenvalue weighted by Crippen LogP contribution is -2.40. The van der Waals surface area contributed by atoms with Crippen molar-refractivity contribution in [3.05, 3.63) is 84.5 Å². The molecule has 1 atom stereocenters. The second kappa shape index (κ2) is 12.3. The van der Waals surface area contributed by atoms with E-state index in [0.717, 1.165) is 16.0 Å². The number of carbonyl (C=O) groups is 1. The lowest BCUT2D eigenvalue weighted by atomic mass is 9.96. The molecule has 2 heterocycles. The molecule has 0 saturated heterocycles. The number of esters is 1. The van der Waals surface area contributed by atoms with Crippen molar-refractivity contribution in [3.63, 3.8) is 0 Å². The Morgan fingerprint density at radius 3 is 2.44 bits per heavy atom. The standard InChI is InChI=1S/C30H34N2O5S2/c1-8-35-24-15-20(9-14-23(24)36-17(2)3)16-25-28(33)32-27(21-10-12-22(38-7)13-11-21)26(29(34)37-18(4)5)19(6)31-30(32)39-25/h9-18,27H,8H2,1-7H3/b25-16-/t27-/m0/s1. The number of nitrogens with zero attached hydrogens (tertiary/aromatic N) is 2. The molecular weight excluding hydrogens is 532 g/mol. The first-order valence-electron chi connectivity index (χ1n) is 12.9. The van der Waals surface area contributed by atoms with Crippen LogP contribution in [0.15, 0.2) is 68.4 Å². The Morgan fingerprint density at radius 2 is 1.82 bits per heavy atom. The zero-order valence-electron chi connectivity index (χ0n) is 23.3. The van der Waals surface area contributed by atoms with Crippen LogP contribution < -0.4 is 24.4 Å². The number of hydrogen-bond acceptors (Lipinski definition) is 8. The molecule has 0 saturated carbocycles. The van der Waals surface area contributed by atoms with Crippen LogP contribution in [0.4, 0.5) is 0 Å². The molecule has 3 aromatic rings. The predicted molar refractivity (Wildman–Crippen MR) is 157 cm³/mol. The summed E-state index contributed by atoms with van der Waals surface area (Å²) in [6.45, 7) is 11.7. The maximum atomic E-state index is 13.9.